The number of anilines is 1. The number of esters is 1. The number of ether oxygens (including phenoxy) is 1. The molecule has 0 bridgehead atoms. The first-order valence-electron chi connectivity index (χ1n) is 10.5. The molecule has 1 amide bonds. The molecule has 2 aliphatic rings. The SMILES string of the molecule is CCOC(=O)c1ccc(N2CCC(C(=O)N3CCN(C(C)C)CC3)CC2)cc1. The summed E-state index contributed by atoms with van der Waals surface area (Å²) in [5, 5.41) is 0. The predicted octanol–water partition coefficient (Wildman–Crippen LogP) is 2.63. The molecule has 3 rings (SSSR count). The molecule has 0 spiro atoms. The highest BCUT2D eigenvalue weighted by molar-refractivity contribution is 5.89. The third kappa shape index (κ3) is 4.85. The van der Waals surface area contributed by atoms with Gasteiger partial charge in [0.15, 0.2) is 0 Å². The summed E-state index contributed by atoms with van der Waals surface area (Å²) < 4.78 is 5.03. The Labute approximate surface area is 168 Å². The van der Waals surface area contributed by atoms with Crippen LogP contribution in [-0.2, 0) is 9.53 Å². The summed E-state index contributed by atoms with van der Waals surface area (Å²) in [6, 6.07) is 8.13. The average molecular weight is 388 g/mol. The number of carbonyl (C=O) groups excluding carboxylic acids is 2. The standard InChI is InChI=1S/C22H33N3O3/c1-4-28-22(27)19-5-7-20(8-6-19)24-11-9-18(10-12-24)21(26)25-15-13-23(14-16-25)17(2)3/h5-8,17-18H,4,9-16H2,1-3H3. The van der Waals surface area contributed by atoms with Crippen molar-refractivity contribution in [3.05, 3.63) is 29.8 Å². The second-order valence-corrected chi connectivity index (χ2v) is 7.98. The molecule has 2 aliphatic heterocycles. The minimum Gasteiger partial charge on any atom is -0.462 e. The number of amides is 1. The van der Waals surface area contributed by atoms with Gasteiger partial charge >= 0.3 is 5.97 Å². The third-order valence-electron chi connectivity index (χ3n) is 5.94. The van der Waals surface area contributed by atoms with Crippen LogP contribution in [0.25, 0.3) is 0 Å². The van der Waals surface area contributed by atoms with Crippen LogP contribution in [0.2, 0.25) is 0 Å². The van der Waals surface area contributed by atoms with Crippen molar-refractivity contribution in [2.24, 2.45) is 5.92 Å². The van der Waals surface area contributed by atoms with E-state index in [1.165, 1.54) is 0 Å². The lowest BCUT2D eigenvalue weighted by Gasteiger charge is -2.40. The molecule has 2 saturated heterocycles. The Balaban J connectivity index is 1.49. The Hall–Kier alpha value is -2.08. The zero-order valence-electron chi connectivity index (χ0n) is 17.4. The molecule has 2 heterocycles. The molecule has 0 saturated carbocycles. The van der Waals surface area contributed by atoms with Crippen LogP contribution in [0.15, 0.2) is 24.3 Å². The van der Waals surface area contributed by atoms with E-state index in [0.29, 0.717) is 24.1 Å². The predicted molar refractivity (Wildman–Crippen MR) is 111 cm³/mol. The number of rotatable bonds is 5. The second-order valence-electron chi connectivity index (χ2n) is 7.98. The minimum absolute atomic E-state index is 0.139. The Kier molecular flexibility index (Phi) is 6.94. The van der Waals surface area contributed by atoms with Crippen molar-refractivity contribution in [2.75, 3.05) is 50.8 Å². The largest absolute Gasteiger partial charge is 0.462 e. The number of hydrogen-bond donors (Lipinski definition) is 0. The third-order valence-corrected chi connectivity index (χ3v) is 5.94. The molecule has 0 aliphatic carbocycles. The lowest BCUT2D eigenvalue weighted by Crippen LogP contribution is -2.53. The fourth-order valence-corrected chi connectivity index (χ4v) is 4.12. The molecule has 1 aromatic carbocycles. The summed E-state index contributed by atoms with van der Waals surface area (Å²) in [7, 11) is 0. The molecule has 0 atom stereocenters. The van der Waals surface area contributed by atoms with E-state index in [4.69, 9.17) is 4.74 Å². The fourth-order valence-electron chi connectivity index (χ4n) is 4.12. The van der Waals surface area contributed by atoms with Crippen molar-refractivity contribution in [1.82, 2.24) is 9.80 Å². The average Bonchev–Trinajstić information content (AvgIpc) is 2.74. The van der Waals surface area contributed by atoms with Crippen LogP contribution in [-0.4, -0.2) is 73.6 Å². The van der Waals surface area contributed by atoms with Gasteiger partial charge in [-0.25, -0.2) is 4.79 Å². The van der Waals surface area contributed by atoms with Gasteiger partial charge < -0.3 is 14.5 Å². The summed E-state index contributed by atoms with van der Waals surface area (Å²) in [6.07, 6.45) is 1.78. The lowest BCUT2D eigenvalue weighted by molar-refractivity contribution is -0.138. The molecular formula is C22H33N3O3. The molecule has 0 aromatic heterocycles. The smallest absolute Gasteiger partial charge is 0.338 e. The number of piperidine rings is 1. The van der Waals surface area contributed by atoms with E-state index in [1.807, 2.05) is 31.2 Å². The van der Waals surface area contributed by atoms with Gasteiger partial charge in [-0.1, -0.05) is 0 Å². The van der Waals surface area contributed by atoms with Gasteiger partial charge in [0.25, 0.3) is 0 Å². The van der Waals surface area contributed by atoms with Crippen molar-refractivity contribution in [1.29, 1.82) is 0 Å². The van der Waals surface area contributed by atoms with Crippen molar-refractivity contribution in [3.63, 3.8) is 0 Å². The van der Waals surface area contributed by atoms with Crippen molar-refractivity contribution in [3.8, 4) is 0 Å². The maximum atomic E-state index is 12.9. The molecule has 2 fully saturated rings. The first-order valence-corrected chi connectivity index (χ1v) is 10.5. The van der Waals surface area contributed by atoms with Gasteiger partial charge in [0.1, 0.15) is 0 Å². The van der Waals surface area contributed by atoms with Gasteiger partial charge in [-0.2, -0.15) is 0 Å². The van der Waals surface area contributed by atoms with E-state index in [2.05, 4.69) is 28.5 Å². The Morgan fingerprint density at radius 1 is 1.00 bits per heavy atom. The number of piperazine rings is 1. The van der Waals surface area contributed by atoms with Crippen LogP contribution >= 0.6 is 0 Å². The maximum Gasteiger partial charge on any atom is 0.338 e. The monoisotopic (exact) mass is 387 g/mol. The zero-order valence-corrected chi connectivity index (χ0v) is 17.4. The van der Waals surface area contributed by atoms with Crippen molar-refractivity contribution >= 4 is 17.6 Å². The van der Waals surface area contributed by atoms with Gasteiger partial charge in [-0.15, -0.1) is 0 Å². The van der Waals surface area contributed by atoms with Gasteiger partial charge in [0.2, 0.25) is 5.91 Å². The highest BCUT2D eigenvalue weighted by Crippen LogP contribution is 2.25. The molecule has 154 valence electrons. The summed E-state index contributed by atoms with van der Waals surface area (Å²) in [5.74, 6) is 0.192. The van der Waals surface area contributed by atoms with Crippen LogP contribution < -0.4 is 4.90 Å². The van der Waals surface area contributed by atoms with Crippen molar-refractivity contribution < 1.29 is 14.3 Å². The number of nitrogens with zero attached hydrogens (tertiary/aromatic N) is 3. The minimum atomic E-state index is -0.282. The summed E-state index contributed by atoms with van der Waals surface area (Å²) in [6.45, 7) is 12.0. The van der Waals surface area contributed by atoms with E-state index in [9.17, 15) is 9.59 Å². The Morgan fingerprint density at radius 3 is 2.14 bits per heavy atom. The van der Waals surface area contributed by atoms with Gasteiger partial charge in [-0.05, 0) is 57.9 Å². The number of carbonyl (C=O) groups is 2. The van der Waals surface area contributed by atoms with Crippen molar-refractivity contribution in [2.45, 2.75) is 39.7 Å². The summed E-state index contributed by atoms with van der Waals surface area (Å²) in [4.78, 5) is 31.5. The van der Waals surface area contributed by atoms with E-state index in [-0.39, 0.29) is 11.9 Å². The van der Waals surface area contributed by atoms with E-state index < -0.39 is 0 Å². The van der Waals surface area contributed by atoms with E-state index >= 15 is 0 Å². The molecule has 0 unspecified atom stereocenters. The van der Waals surface area contributed by atoms with Crippen LogP contribution in [0.5, 0.6) is 0 Å². The molecule has 6 heteroatoms. The highest BCUT2D eigenvalue weighted by atomic mass is 16.5. The van der Waals surface area contributed by atoms with E-state index in [0.717, 1.165) is 57.8 Å². The zero-order chi connectivity index (χ0) is 20.1. The van der Waals surface area contributed by atoms with Crippen LogP contribution in [0.1, 0.15) is 44.0 Å². The second kappa shape index (κ2) is 9.41. The summed E-state index contributed by atoms with van der Waals surface area (Å²) in [5.41, 5.74) is 1.68. The topological polar surface area (TPSA) is 53.1 Å². The Morgan fingerprint density at radius 2 is 1.61 bits per heavy atom. The number of hydrogen-bond acceptors (Lipinski definition) is 5. The molecule has 1 aromatic rings. The fraction of sp³-hybridized carbons (Fsp3) is 0.636. The lowest BCUT2D eigenvalue weighted by atomic mass is 9.94. The summed E-state index contributed by atoms with van der Waals surface area (Å²) >= 11 is 0. The molecule has 0 N–H and O–H groups in total. The normalized spacial score (nSPS) is 19.1. The molecule has 28 heavy (non-hydrogen) atoms. The number of benzene rings is 1. The maximum absolute atomic E-state index is 12.9. The van der Waals surface area contributed by atoms with Gasteiger partial charge in [-0.3, -0.25) is 9.69 Å². The Bertz CT molecular complexity index is 658. The van der Waals surface area contributed by atoms with Crippen LogP contribution in [0, 0.1) is 5.92 Å². The van der Waals surface area contributed by atoms with E-state index in [1.54, 1.807) is 0 Å². The molecule has 0 radical (unpaired) electrons. The first kappa shape index (κ1) is 20.6. The quantitative estimate of drug-likeness (QED) is 0.727. The first-order chi connectivity index (χ1) is 13.5. The highest BCUT2D eigenvalue weighted by Gasteiger charge is 2.30. The van der Waals surface area contributed by atoms with Crippen LogP contribution in [0.4, 0.5) is 5.69 Å². The molecule has 6 nitrogen and oxygen atoms in total. The molecular weight excluding hydrogens is 354 g/mol. The van der Waals surface area contributed by atoms with Gasteiger partial charge in [0, 0.05) is 56.9 Å². The van der Waals surface area contributed by atoms with Gasteiger partial charge in [0.05, 0.1) is 12.2 Å². The van der Waals surface area contributed by atoms with Crippen LogP contribution in [0.3, 0.4) is 0 Å².